The summed E-state index contributed by atoms with van der Waals surface area (Å²) in [5.41, 5.74) is 4.70. The Morgan fingerprint density at radius 2 is 1.73 bits per heavy atom. The molecular weight excluding hydrogens is 420 g/mol. The first kappa shape index (κ1) is 22.8. The molecule has 0 saturated carbocycles. The van der Waals surface area contributed by atoms with Gasteiger partial charge in [-0.05, 0) is 47.4 Å². The van der Waals surface area contributed by atoms with Gasteiger partial charge in [0.1, 0.15) is 12.6 Å². The van der Waals surface area contributed by atoms with E-state index in [2.05, 4.69) is 29.6 Å². The molecule has 0 spiro atoms. The van der Waals surface area contributed by atoms with Crippen molar-refractivity contribution in [3.05, 3.63) is 59.7 Å². The molecule has 1 aliphatic heterocycles. The average molecular weight is 451 g/mol. The lowest BCUT2D eigenvalue weighted by atomic mass is 9.98. The molecule has 2 aromatic carbocycles. The molecule has 0 bridgehead atoms. The van der Waals surface area contributed by atoms with E-state index in [1.165, 1.54) is 27.2 Å². The number of likely N-dealkylation sites (tertiary alicyclic amines) is 1. The molecule has 4 rings (SSSR count). The molecule has 2 atom stereocenters. The summed E-state index contributed by atoms with van der Waals surface area (Å²) in [5.74, 6) is -0.986. The van der Waals surface area contributed by atoms with Crippen molar-refractivity contribution in [3.63, 3.8) is 0 Å². The number of hydrogen-bond acceptors (Lipinski definition) is 4. The molecule has 1 heterocycles. The number of nitrogens with one attached hydrogen (secondary N) is 1. The number of fused-ring (bicyclic) bond motifs is 3. The van der Waals surface area contributed by atoms with Crippen molar-refractivity contribution in [1.29, 1.82) is 0 Å². The lowest BCUT2D eigenvalue weighted by Crippen LogP contribution is -2.40. The maximum absolute atomic E-state index is 12.4. The van der Waals surface area contributed by atoms with Crippen molar-refractivity contribution in [1.82, 2.24) is 10.2 Å². The summed E-state index contributed by atoms with van der Waals surface area (Å²) in [4.78, 5) is 37.5. The first-order valence-electron chi connectivity index (χ1n) is 11.6. The number of carboxylic acid groups (broad SMARTS) is 1. The second-order valence-corrected chi connectivity index (χ2v) is 8.93. The number of aliphatic carboxylic acids is 1. The van der Waals surface area contributed by atoms with Crippen LogP contribution in [0.1, 0.15) is 49.7 Å². The van der Waals surface area contributed by atoms with Gasteiger partial charge in [-0.1, -0.05) is 55.5 Å². The zero-order chi connectivity index (χ0) is 23.4. The number of rotatable bonds is 8. The number of hydrogen-bond donors (Lipinski definition) is 2. The normalized spacial score (nSPS) is 17.8. The standard InChI is InChI=1S/C26H30N2O5/c1-17(12-13-24(29)28-14-6-11-23(28)25(30)31)15-27-26(32)33-16-22-20-9-4-2-7-18(20)19-8-3-5-10-21(19)22/h2-5,7-10,17,22-23H,6,11-16H2,1H3,(H,27,32)(H,30,31)/t17?,23-/m1/s1. The quantitative estimate of drug-likeness (QED) is 0.633. The van der Waals surface area contributed by atoms with Gasteiger partial charge >= 0.3 is 12.1 Å². The predicted molar refractivity (Wildman–Crippen MR) is 124 cm³/mol. The molecule has 2 aromatic rings. The van der Waals surface area contributed by atoms with E-state index in [0.717, 1.165) is 6.42 Å². The van der Waals surface area contributed by atoms with E-state index in [9.17, 15) is 19.5 Å². The molecular formula is C26H30N2O5. The fourth-order valence-corrected chi connectivity index (χ4v) is 4.84. The minimum atomic E-state index is -0.939. The second kappa shape index (κ2) is 10.1. The van der Waals surface area contributed by atoms with E-state index in [4.69, 9.17) is 4.74 Å². The maximum Gasteiger partial charge on any atom is 0.407 e. The third kappa shape index (κ3) is 5.02. The van der Waals surface area contributed by atoms with Crippen LogP contribution in [0.5, 0.6) is 0 Å². The number of ether oxygens (including phenoxy) is 1. The van der Waals surface area contributed by atoms with Gasteiger partial charge in [-0.15, -0.1) is 0 Å². The number of carboxylic acids is 1. The van der Waals surface area contributed by atoms with E-state index in [0.29, 0.717) is 25.9 Å². The Kier molecular flexibility index (Phi) is 6.96. The number of nitrogens with zero attached hydrogens (tertiary/aromatic N) is 1. The summed E-state index contributed by atoms with van der Waals surface area (Å²) in [5, 5.41) is 12.0. The predicted octanol–water partition coefficient (Wildman–Crippen LogP) is 4.02. The van der Waals surface area contributed by atoms with E-state index >= 15 is 0 Å². The summed E-state index contributed by atoms with van der Waals surface area (Å²) < 4.78 is 5.55. The molecule has 0 radical (unpaired) electrons. The Bertz CT molecular complexity index is 991. The van der Waals surface area contributed by atoms with Gasteiger partial charge in [-0.3, -0.25) is 4.79 Å². The van der Waals surface area contributed by atoms with Crippen molar-refractivity contribution in [2.75, 3.05) is 19.7 Å². The Hall–Kier alpha value is -3.35. The highest BCUT2D eigenvalue weighted by Gasteiger charge is 2.33. The number of carbonyl (C=O) groups excluding carboxylic acids is 2. The van der Waals surface area contributed by atoms with Gasteiger partial charge in [-0.2, -0.15) is 0 Å². The van der Waals surface area contributed by atoms with Crippen LogP contribution in [0.4, 0.5) is 4.79 Å². The van der Waals surface area contributed by atoms with Crippen LogP contribution >= 0.6 is 0 Å². The van der Waals surface area contributed by atoms with Crippen molar-refractivity contribution < 1.29 is 24.2 Å². The van der Waals surface area contributed by atoms with Gasteiger partial charge in [0.05, 0.1) is 0 Å². The summed E-state index contributed by atoms with van der Waals surface area (Å²) in [7, 11) is 0. The van der Waals surface area contributed by atoms with Crippen LogP contribution < -0.4 is 5.32 Å². The van der Waals surface area contributed by atoms with Crippen molar-refractivity contribution in [3.8, 4) is 11.1 Å². The second-order valence-electron chi connectivity index (χ2n) is 8.93. The maximum atomic E-state index is 12.4. The summed E-state index contributed by atoms with van der Waals surface area (Å²) in [6, 6.07) is 15.7. The van der Waals surface area contributed by atoms with Gasteiger partial charge in [0.15, 0.2) is 0 Å². The molecule has 2 N–H and O–H groups in total. The lowest BCUT2D eigenvalue weighted by Gasteiger charge is -2.22. The first-order valence-corrected chi connectivity index (χ1v) is 11.6. The van der Waals surface area contributed by atoms with Crippen LogP contribution in [0.25, 0.3) is 11.1 Å². The van der Waals surface area contributed by atoms with Crippen LogP contribution in [0.3, 0.4) is 0 Å². The molecule has 1 unspecified atom stereocenters. The molecule has 7 nitrogen and oxygen atoms in total. The third-order valence-electron chi connectivity index (χ3n) is 6.65. The van der Waals surface area contributed by atoms with Gasteiger partial charge < -0.3 is 20.1 Å². The van der Waals surface area contributed by atoms with E-state index in [1.54, 1.807) is 0 Å². The van der Waals surface area contributed by atoms with Crippen LogP contribution in [0.15, 0.2) is 48.5 Å². The molecule has 1 fully saturated rings. The van der Waals surface area contributed by atoms with Gasteiger partial charge in [0, 0.05) is 25.4 Å². The van der Waals surface area contributed by atoms with Crippen LogP contribution in [0.2, 0.25) is 0 Å². The van der Waals surface area contributed by atoms with Gasteiger partial charge in [0.25, 0.3) is 0 Å². The van der Waals surface area contributed by atoms with Crippen LogP contribution in [-0.4, -0.2) is 53.7 Å². The highest BCUT2D eigenvalue weighted by Crippen LogP contribution is 2.44. The molecule has 2 aliphatic rings. The zero-order valence-corrected chi connectivity index (χ0v) is 18.8. The van der Waals surface area contributed by atoms with Crippen molar-refractivity contribution >= 4 is 18.0 Å². The Morgan fingerprint density at radius 3 is 2.36 bits per heavy atom. The number of carbonyl (C=O) groups is 3. The van der Waals surface area contributed by atoms with Crippen molar-refractivity contribution in [2.24, 2.45) is 5.92 Å². The van der Waals surface area contributed by atoms with Crippen molar-refractivity contribution in [2.45, 2.75) is 44.6 Å². The Morgan fingerprint density at radius 1 is 1.09 bits per heavy atom. The zero-order valence-electron chi connectivity index (χ0n) is 18.8. The first-order chi connectivity index (χ1) is 16.0. The lowest BCUT2D eigenvalue weighted by molar-refractivity contribution is -0.148. The number of benzene rings is 2. The summed E-state index contributed by atoms with van der Waals surface area (Å²) >= 11 is 0. The van der Waals surface area contributed by atoms with Gasteiger partial charge in [0.2, 0.25) is 5.91 Å². The van der Waals surface area contributed by atoms with E-state index in [-0.39, 0.29) is 30.8 Å². The molecule has 33 heavy (non-hydrogen) atoms. The minimum absolute atomic E-state index is 0.0147. The smallest absolute Gasteiger partial charge is 0.407 e. The van der Waals surface area contributed by atoms with E-state index in [1.807, 2.05) is 31.2 Å². The number of amides is 2. The molecule has 2 amide bonds. The topological polar surface area (TPSA) is 95.9 Å². The molecule has 174 valence electrons. The van der Waals surface area contributed by atoms with E-state index < -0.39 is 18.1 Å². The highest BCUT2D eigenvalue weighted by molar-refractivity contribution is 5.84. The molecule has 0 aromatic heterocycles. The monoisotopic (exact) mass is 450 g/mol. The van der Waals surface area contributed by atoms with Crippen LogP contribution in [0, 0.1) is 5.92 Å². The Balaban J connectivity index is 1.22. The molecule has 7 heteroatoms. The average Bonchev–Trinajstić information content (AvgIpc) is 3.43. The minimum Gasteiger partial charge on any atom is -0.480 e. The fraction of sp³-hybridized carbons (Fsp3) is 0.423. The third-order valence-corrected chi connectivity index (χ3v) is 6.65. The Labute approximate surface area is 193 Å². The molecule has 1 saturated heterocycles. The SMILES string of the molecule is CC(CCC(=O)N1CCC[C@@H]1C(=O)O)CNC(=O)OCC1c2ccccc2-c2ccccc21. The largest absolute Gasteiger partial charge is 0.480 e. The summed E-state index contributed by atoms with van der Waals surface area (Å²) in [6.45, 7) is 3.11. The summed E-state index contributed by atoms with van der Waals surface area (Å²) in [6.07, 6.45) is 1.62. The molecule has 1 aliphatic carbocycles. The highest BCUT2D eigenvalue weighted by atomic mass is 16.5. The fourth-order valence-electron chi connectivity index (χ4n) is 4.84. The van der Waals surface area contributed by atoms with Crippen LogP contribution in [-0.2, 0) is 14.3 Å². The number of alkyl carbamates (subject to hydrolysis) is 1. The van der Waals surface area contributed by atoms with Gasteiger partial charge in [-0.25, -0.2) is 9.59 Å².